The third-order valence-corrected chi connectivity index (χ3v) is 2.93. The van der Waals surface area contributed by atoms with Crippen molar-refractivity contribution in [3.8, 4) is 0 Å². The number of hydrogen-bond donors (Lipinski definition) is 1. The van der Waals surface area contributed by atoms with Crippen LogP contribution in [0.2, 0.25) is 0 Å². The van der Waals surface area contributed by atoms with Crippen molar-refractivity contribution < 1.29 is 0 Å². The van der Waals surface area contributed by atoms with Gasteiger partial charge in [0.1, 0.15) is 0 Å². The van der Waals surface area contributed by atoms with E-state index in [0.29, 0.717) is 0 Å². The number of likely N-dealkylation sites (N-methyl/N-ethyl adjacent to an activating group) is 1. The summed E-state index contributed by atoms with van der Waals surface area (Å²) in [7, 11) is 0. The van der Waals surface area contributed by atoms with Crippen LogP contribution in [0.1, 0.15) is 26.3 Å². The second-order valence-electron chi connectivity index (χ2n) is 5.04. The lowest BCUT2D eigenvalue weighted by Gasteiger charge is -2.41. The smallest absolute Gasteiger partial charge is 0.0605 e. The van der Waals surface area contributed by atoms with Gasteiger partial charge in [-0.25, -0.2) is 0 Å². The summed E-state index contributed by atoms with van der Waals surface area (Å²) in [5, 5.41) is 3.59. The van der Waals surface area contributed by atoms with Crippen molar-refractivity contribution in [1.29, 1.82) is 0 Å². The maximum Gasteiger partial charge on any atom is 0.0605 e. The average molecular weight is 204 g/mol. The number of hydrogen-bond acceptors (Lipinski definition) is 2. The Hall–Kier alpha value is -1.18. The molecule has 1 aromatic carbocycles. The molecule has 0 radical (unpaired) electrons. The lowest BCUT2D eigenvalue weighted by atomic mass is 9.98. The van der Waals surface area contributed by atoms with Gasteiger partial charge in [0.15, 0.2) is 0 Å². The first kappa shape index (κ1) is 10.3. The Morgan fingerprint density at radius 1 is 1.40 bits per heavy atom. The van der Waals surface area contributed by atoms with Gasteiger partial charge in [0, 0.05) is 18.6 Å². The van der Waals surface area contributed by atoms with E-state index in [9.17, 15) is 0 Å². The predicted octanol–water partition coefficient (Wildman–Crippen LogP) is 3.03. The second kappa shape index (κ2) is 3.44. The summed E-state index contributed by atoms with van der Waals surface area (Å²) in [6.07, 6.45) is 0. The van der Waals surface area contributed by atoms with E-state index >= 15 is 0 Å². The van der Waals surface area contributed by atoms with E-state index in [0.717, 1.165) is 13.1 Å². The molecule has 0 fully saturated rings. The third-order valence-electron chi connectivity index (χ3n) is 2.93. The van der Waals surface area contributed by atoms with E-state index < -0.39 is 0 Å². The molecule has 0 saturated heterocycles. The van der Waals surface area contributed by atoms with Crippen molar-refractivity contribution in [2.45, 2.75) is 33.2 Å². The number of fused-ring (bicyclic) bond motifs is 1. The summed E-state index contributed by atoms with van der Waals surface area (Å²) >= 11 is 0. The summed E-state index contributed by atoms with van der Waals surface area (Å²) in [5.41, 5.74) is 4.10. The molecule has 2 nitrogen and oxygen atoms in total. The van der Waals surface area contributed by atoms with Gasteiger partial charge in [-0.15, -0.1) is 0 Å². The molecule has 1 aromatic rings. The molecule has 15 heavy (non-hydrogen) atoms. The van der Waals surface area contributed by atoms with Gasteiger partial charge in [-0.1, -0.05) is 6.07 Å². The van der Waals surface area contributed by atoms with E-state index in [-0.39, 0.29) is 5.54 Å². The largest absolute Gasteiger partial charge is 0.377 e. The topological polar surface area (TPSA) is 15.3 Å². The normalized spacial score (nSPS) is 18.3. The van der Waals surface area contributed by atoms with Crippen LogP contribution in [0.15, 0.2) is 18.2 Å². The Balaban J connectivity index is 2.44. The molecular formula is C13H20N2. The molecule has 0 atom stereocenters. The molecule has 0 saturated carbocycles. The van der Waals surface area contributed by atoms with Crippen molar-refractivity contribution in [2.24, 2.45) is 0 Å². The van der Waals surface area contributed by atoms with Gasteiger partial charge in [-0.2, -0.15) is 0 Å². The van der Waals surface area contributed by atoms with Crippen LogP contribution in [0.4, 0.5) is 11.4 Å². The maximum absolute atomic E-state index is 3.59. The second-order valence-corrected chi connectivity index (χ2v) is 5.04. The van der Waals surface area contributed by atoms with Crippen LogP contribution in [-0.2, 0) is 0 Å². The molecule has 2 rings (SSSR count). The average Bonchev–Trinajstić information content (AvgIpc) is 2.16. The van der Waals surface area contributed by atoms with Gasteiger partial charge >= 0.3 is 0 Å². The van der Waals surface area contributed by atoms with E-state index in [1.165, 1.54) is 16.9 Å². The van der Waals surface area contributed by atoms with E-state index in [1.807, 2.05) is 0 Å². The Morgan fingerprint density at radius 2 is 2.13 bits per heavy atom. The van der Waals surface area contributed by atoms with Crippen LogP contribution in [0, 0.1) is 6.92 Å². The molecule has 82 valence electrons. The molecule has 1 N–H and O–H groups in total. The van der Waals surface area contributed by atoms with Crippen LogP contribution < -0.4 is 10.2 Å². The van der Waals surface area contributed by atoms with Crippen molar-refractivity contribution in [2.75, 3.05) is 23.3 Å². The van der Waals surface area contributed by atoms with Gasteiger partial charge in [0.25, 0.3) is 0 Å². The molecular weight excluding hydrogens is 184 g/mol. The summed E-state index contributed by atoms with van der Waals surface area (Å²) in [6.45, 7) is 11.0. The Morgan fingerprint density at radius 3 is 2.80 bits per heavy atom. The SMILES string of the molecule is CCN1CC(C)(C)Nc2ccc(C)cc21. The monoisotopic (exact) mass is 204 g/mol. The predicted molar refractivity (Wildman–Crippen MR) is 66.8 cm³/mol. The highest BCUT2D eigenvalue weighted by atomic mass is 15.2. The molecule has 1 aliphatic heterocycles. The number of nitrogens with zero attached hydrogens (tertiary/aromatic N) is 1. The lowest BCUT2D eigenvalue weighted by Crippen LogP contribution is -2.48. The summed E-state index contributed by atoms with van der Waals surface area (Å²) < 4.78 is 0. The summed E-state index contributed by atoms with van der Waals surface area (Å²) in [4.78, 5) is 2.44. The van der Waals surface area contributed by atoms with Crippen LogP contribution in [-0.4, -0.2) is 18.6 Å². The number of anilines is 2. The fourth-order valence-corrected chi connectivity index (χ4v) is 2.26. The maximum atomic E-state index is 3.59. The van der Waals surface area contributed by atoms with E-state index in [2.05, 4.69) is 56.1 Å². The van der Waals surface area contributed by atoms with Crippen molar-refractivity contribution in [3.05, 3.63) is 23.8 Å². The minimum absolute atomic E-state index is 0.165. The van der Waals surface area contributed by atoms with Gasteiger partial charge in [0.05, 0.1) is 11.4 Å². The standard InChI is InChI=1S/C13H20N2/c1-5-15-9-13(3,4)14-11-7-6-10(2)8-12(11)15/h6-8,14H,5,9H2,1-4H3. The zero-order valence-electron chi connectivity index (χ0n) is 10.1. The molecule has 0 bridgehead atoms. The minimum Gasteiger partial charge on any atom is -0.377 e. The zero-order chi connectivity index (χ0) is 11.1. The number of aryl methyl sites for hydroxylation is 1. The van der Waals surface area contributed by atoms with Crippen LogP contribution in [0.5, 0.6) is 0 Å². The molecule has 0 unspecified atom stereocenters. The van der Waals surface area contributed by atoms with Crippen LogP contribution in [0.3, 0.4) is 0 Å². The van der Waals surface area contributed by atoms with E-state index in [4.69, 9.17) is 0 Å². The Labute approximate surface area is 92.3 Å². The molecule has 1 heterocycles. The summed E-state index contributed by atoms with van der Waals surface area (Å²) in [6, 6.07) is 6.62. The van der Waals surface area contributed by atoms with Crippen molar-refractivity contribution in [3.63, 3.8) is 0 Å². The molecule has 2 heteroatoms. The molecule has 1 aliphatic rings. The van der Waals surface area contributed by atoms with Crippen LogP contribution >= 0.6 is 0 Å². The molecule has 0 spiro atoms. The van der Waals surface area contributed by atoms with Gasteiger partial charge in [-0.3, -0.25) is 0 Å². The zero-order valence-corrected chi connectivity index (χ0v) is 10.1. The van der Waals surface area contributed by atoms with Gasteiger partial charge in [-0.05, 0) is 45.4 Å². The third kappa shape index (κ3) is 1.94. The Kier molecular flexibility index (Phi) is 2.37. The number of nitrogens with one attached hydrogen (secondary N) is 1. The fraction of sp³-hybridized carbons (Fsp3) is 0.538. The quantitative estimate of drug-likeness (QED) is 0.756. The minimum atomic E-state index is 0.165. The van der Waals surface area contributed by atoms with Gasteiger partial charge < -0.3 is 10.2 Å². The van der Waals surface area contributed by atoms with Crippen molar-refractivity contribution >= 4 is 11.4 Å². The lowest BCUT2D eigenvalue weighted by molar-refractivity contribution is 0.537. The van der Waals surface area contributed by atoms with Gasteiger partial charge in [0.2, 0.25) is 0 Å². The molecule has 0 aromatic heterocycles. The number of rotatable bonds is 1. The first-order valence-electron chi connectivity index (χ1n) is 5.65. The molecule has 0 amide bonds. The molecule has 0 aliphatic carbocycles. The fourth-order valence-electron chi connectivity index (χ4n) is 2.26. The highest BCUT2D eigenvalue weighted by molar-refractivity contribution is 5.74. The Bertz CT molecular complexity index is 369. The van der Waals surface area contributed by atoms with Crippen LogP contribution in [0.25, 0.3) is 0 Å². The highest BCUT2D eigenvalue weighted by Gasteiger charge is 2.28. The van der Waals surface area contributed by atoms with E-state index in [1.54, 1.807) is 0 Å². The summed E-state index contributed by atoms with van der Waals surface area (Å²) in [5.74, 6) is 0. The van der Waals surface area contributed by atoms with Crippen molar-refractivity contribution in [1.82, 2.24) is 0 Å². The first-order chi connectivity index (χ1) is 7.02. The first-order valence-corrected chi connectivity index (χ1v) is 5.65. The number of benzene rings is 1. The highest BCUT2D eigenvalue weighted by Crippen LogP contribution is 2.34.